The quantitative estimate of drug-likeness (QED) is 0.745. The smallest absolute Gasteiger partial charge is 0.306 e. The van der Waals surface area contributed by atoms with Gasteiger partial charge in [0.15, 0.2) is 0 Å². The summed E-state index contributed by atoms with van der Waals surface area (Å²) in [6.45, 7) is 1.95. The van der Waals surface area contributed by atoms with Crippen LogP contribution in [0.2, 0.25) is 5.02 Å². The Labute approximate surface area is 110 Å². The summed E-state index contributed by atoms with van der Waals surface area (Å²) in [5, 5.41) is -0.195. The van der Waals surface area contributed by atoms with Crippen LogP contribution in [0.3, 0.4) is 0 Å². The van der Waals surface area contributed by atoms with Crippen LogP contribution in [0.4, 0.5) is 13.2 Å². The van der Waals surface area contributed by atoms with E-state index in [2.05, 4.69) is 11.9 Å². The number of alkyl halides is 3. The lowest BCUT2D eigenvalue weighted by Crippen LogP contribution is -2.29. The van der Waals surface area contributed by atoms with Crippen molar-refractivity contribution >= 4 is 11.6 Å². The zero-order valence-corrected chi connectivity index (χ0v) is 10.9. The third-order valence-corrected chi connectivity index (χ3v) is 3.80. The predicted octanol–water partition coefficient (Wildman–Crippen LogP) is 4.17. The van der Waals surface area contributed by atoms with Crippen LogP contribution in [0.1, 0.15) is 29.9 Å². The molecule has 2 rings (SSSR count). The van der Waals surface area contributed by atoms with E-state index in [-0.39, 0.29) is 5.02 Å². The van der Waals surface area contributed by atoms with Crippen molar-refractivity contribution in [2.24, 2.45) is 0 Å². The first kappa shape index (κ1) is 13.7. The molecule has 18 heavy (non-hydrogen) atoms. The molecule has 0 atom stereocenters. The third kappa shape index (κ3) is 2.98. The summed E-state index contributed by atoms with van der Waals surface area (Å²) in [4.78, 5) is 2.22. The van der Waals surface area contributed by atoms with Gasteiger partial charge < -0.3 is 4.90 Å². The Hall–Kier alpha value is -0.740. The molecule has 0 bridgehead atoms. The average molecular weight is 278 g/mol. The maximum Gasteiger partial charge on any atom is 0.417 e. The van der Waals surface area contributed by atoms with Crippen molar-refractivity contribution in [1.29, 1.82) is 0 Å². The topological polar surface area (TPSA) is 3.24 Å². The van der Waals surface area contributed by atoms with Crippen LogP contribution in [-0.2, 0) is 6.18 Å². The highest BCUT2D eigenvalue weighted by Crippen LogP contribution is 2.37. The van der Waals surface area contributed by atoms with E-state index < -0.39 is 11.7 Å². The molecule has 0 radical (unpaired) electrons. The molecular formula is C13H15ClF3N. The summed E-state index contributed by atoms with van der Waals surface area (Å²) in [5.41, 5.74) is 0.168. The van der Waals surface area contributed by atoms with Crippen LogP contribution in [0.5, 0.6) is 0 Å². The molecule has 0 N–H and O–H groups in total. The second-order valence-electron chi connectivity index (χ2n) is 4.81. The summed E-state index contributed by atoms with van der Waals surface area (Å²) in [6, 6.07) is 4.13. The van der Waals surface area contributed by atoms with Gasteiger partial charge in [-0.15, -0.1) is 0 Å². The fraction of sp³-hybridized carbons (Fsp3) is 0.538. The van der Waals surface area contributed by atoms with Crippen molar-refractivity contribution in [3.63, 3.8) is 0 Å². The van der Waals surface area contributed by atoms with E-state index in [0.29, 0.717) is 5.92 Å². The molecule has 0 amide bonds. The molecule has 1 aliphatic rings. The molecule has 1 aromatic rings. The van der Waals surface area contributed by atoms with E-state index in [0.717, 1.165) is 37.6 Å². The number of nitrogens with zero attached hydrogens (tertiary/aromatic N) is 1. The molecule has 0 saturated carbocycles. The Morgan fingerprint density at radius 1 is 1.22 bits per heavy atom. The predicted molar refractivity (Wildman–Crippen MR) is 65.9 cm³/mol. The molecule has 1 saturated heterocycles. The van der Waals surface area contributed by atoms with Gasteiger partial charge >= 0.3 is 6.18 Å². The maximum absolute atomic E-state index is 12.6. The van der Waals surface area contributed by atoms with Crippen molar-refractivity contribution in [3.05, 3.63) is 34.3 Å². The summed E-state index contributed by atoms with van der Waals surface area (Å²) in [5.74, 6) is 0.320. The first-order chi connectivity index (χ1) is 8.38. The van der Waals surface area contributed by atoms with Crippen molar-refractivity contribution in [2.75, 3.05) is 20.1 Å². The zero-order valence-electron chi connectivity index (χ0n) is 10.1. The van der Waals surface area contributed by atoms with E-state index in [1.165, 1.54) is 6.07 Å². The molecule has 1 nitrogen and oxygen atoms in total. The molecule has 0 unspecified atom stereocenters. The van der Waals surface area contributed by atoms with E-state index in [1.807, 2.05) is 0 Å². The average Bonchev–Trinajstić information content (AvgIpc) is 2.28. The molecule has 1 aliphatic heterocycles. The van der Waals surface area contributed by atoms with Gasteiger partial charge in [0.05, 0.1) is 10.6 Å². The fourth-order valence-corrected chi connectivity index (χ4v) is 2.65. The van der Waals surface area contributed by atoms with Crippen LogP contribution >= 0.6 is 11.6 Å². The lowest BCUT2D eigenvalue weighted by molar-refractivity contribution is -0.137. The monoisotopic (exact) mass is 277 g/mol. The minimum Gasteiger partial charge on any atom is -0.306 e. The van der Waals surface area contributed by atoms with Crippen LogP contribution in [-0.4, -0.2) is 25.0 Å². The van der Waals surface area contributed by atoms with Crippen molar-refractivity contribution in [2.45, 2.75) is 24.9 Å². The largest absolute Gasteiger partial charge is 0.417 e. The second kappa shape index (κ2) is 5.10. The van der Waals surface area contributed by atoms with E-state index in [9.17, 15) is 13.2 Å². The van der Waals surface area contributed by atoms with Gasteiger partial charge in [-0.2, -0.15) is 13.2 Å². The molecule has 1 fully saturated rings. The normalized spacial score (nSPS) is 19.2. The fourth-order valence-electron chi connectivity index (χ4n) is 2.36. The van der Waals surface area contributed by atoms with Crippen molar-refractivity contribution in [3.8, 4) is 0 Å². The van der Waals surface area contributed by atoms with Crippen LogP contribution in [0, 0.1) is 0 Å². The lowest BCUT2D eigenvalue weighted by atomic mass is 9.89. The van der Waals surface area contributed by atoms with E-state index in [1.54, 1.807) is 6.07 Å². The highest BCUT2D eigenvalue weighted by Gasteiger charge is 2.33. The van der Waals surface area contributed by atoms with Gasteiger partial charge in [0.2, 0.25) is 0 Å². The summed E-state index contributed by atoms with van der Waals surface area (Å²) >= 11 is 5.73. The van der Waals surface area contributed by atoms with E-state index >= 15 is 0 Å². The SMILES string of the molecule is CN1CCC(c2ccc(C(F)(F)F)c(Cl)c2)CC1. The number of benzene rings is 1. The molecule has 100 valence electrons. The van der Waals surface area contributed by atoms with Gasteiger partial charge in [0.25, 0.3) is 0 Å². The Balaban J connectivity index is 2.19. The first-order valence-corrected chi connectivity index (χ1v) is 6.31. The molecule has 0 aliphatic carbocycles. The highest BCUT2D eigenvalue weighted by molar-refractivity contribution is 6.31. The number of piperidine rings is 1. The molecule has 1 aromatic carbocycles. The summed E-state index contributed by atoms with van der Waals surface area (Å²) in [6.07, 6.45) is -2.43. The first-order valence-electron chi connectivity index (χ1n) is 5.93. The van der Waals surface area contributed by atoms with Crippen LogP contribution < -0.4 is 0 Å². The van der Waals surface area contributed by atoms with Gasteiger partial charge in [-0.1, -0.05) is 17.7 Å². The van der Waals surface area contributed by atoms with Crippen LogP contribution in [0.15, 0.2) is 18.2 Å². The standard InChI is InChI=1S/C13H15ClF3N/c1-18-6-4-9(5-7-18)10-2-3-11(12(14)8-10)13(15,16)17/h2-3,8-9H,4-7H2,1H3. The van der Waals surface area contributed by atoms with Crippen molar-refractivity contribution < 1.29 is 13.2 Å². The maximum atomic E-state index is 12.6. The zero-order chi connectivity index (χ0) is 13.3. The van der Waals surface area contributed by atoms with Crippen molar-refractivity contribution in [1.82, 2.24) is 4.90 Å². The summed E-state index contributed by atoms with van der Waals surface area (Å²) in [7, 11) is 2.05. The Bertz CT molecular complexity index is 423. The minimum atomic E-state index is -4.37. The highest BCUT2D eigenvalue weighted by atomic mass is 35.5. The van der Waals surface area contributed by atoms with Gasteiger partial charge in [-0.3, -0.25) is 0 Å². The number of halogens is 4. The number of hydrogen-bond donors (Lipinski definition) is 0. The molecule has 5 heteroatoms. The van der Waals surface area contributed by atoms with Gasteiger partial charge in [-0.05, 0) is 56.6 Å². The minimum absolute atomic E-state index is 0.195. The Kier molecular flexibility index (Phi) is 3.87. The Morgan fingerprint density at radius 2 is 1.83 bits per heavy atom. The third-order valence-electron chi connectivity index (χ3n) is 3.49. The number of likely N-dealkylation sites (tertiary alicyclic amines) is 1. The van der Waals surface area contributed by atoms with Crippen LogP contribution in [0.25, 0.3) is 0 Å². The van der Waals surface area contributed by atoms with Gasteiger partial charge in [0, 0.05) is 0 Å². The van der Waals surface area contributed by atoms with E-state index in [4.69, 9.17) is 11.6 Å². The number of hydrogen-bond acceptors (Lipinski definition) is 1. The molecule has 0 aromatic heterocycles. The number of rotatable bonds is 1. The molecule has 0 spiro atoms. The lowest BCUT2D eigenvalue weighted by Gasteiger charge is -2.29. The summed E-state index contributed by atoms with van der Waals surface area (Å²) < 4.78 is 37.7. The molecule has 1 heterocycles. The molecular weight excluding hydrogens is 263 g/mol. The second-order valence-corrected chi connectivity index (χ2v) is 5.22. The Morgan fingerprint density at radius 3 is 2.33 bits per heavy atom. The van der Waals surface area contributed by atoms with Gasteiger partial charge in [0.1, 0.15) is 0 Å². The van der Waals surface area contributed by atoms with Gasteiger partial charge in [-0.25, -0.2) is 0 Å².